The summed E-state index contributed by atoms with van der Waals surface area (Å²) in [5.74, 6) is -0.0151. The molecule has 2 rings (SSSR count). The van der Waals surface area contributed by atoms with E-state index in [0.29, 0.717) is 30.7 Å². The number of aromatic nitrogens is 4. The van der Waals surface area contributed by atoms with Crippen molar-refractivity contribution in [3.05, 3.63) is 27.2 Å². The van der Waals surface area contributed by atoms with Crippen LogP contribution >= 0.6 is 0 Å². The Morgan fingerprint density at radius 2 is 2.00 bits per heavy atom. The number of rotatable bonds is 5. The Bertz CT molecular complexity index is 754. The summed E-state index contributed by atoms with van der Waals surface area (Å²) >= 11 is 0. The predicted octanol–water partition coefficient (Wildman–Crippen LogP) is 0.324. The molecule has 0 radical (unpaired) electrons. The molecule has 7 nitrogen and oxygen atoms in total. The van der Waals surface area contributed by atoms with Crippen LogP contribution < -0.4 is 11.2 Å². The van der Waals surface area contributed by atoms with Crippen LogP contribution in [0.4, 0.5) is 0 Å². The Balaban J connectivity index is 2.66. The fraction of sp³-hybridized carbons (Fsp3) is 0.643. The van der Waals surface area contributed by atoms with Crippen molar-refractivity contribution in [3.8, 4) is 0 Å². The first-order valence-corrected chi connectivity index (χ1v) is 7.21. The summed E-state index contributed by atoms with van der Waals surface area (Å²) in [5, 5.41) is 9.63. The fourth-order valence-electron chi connectivity index (χ4n) is 2.34. The van der Waals surface area contributed by atoms with Crippen LogP contribution in [-0.2, 0) is 20.1 Å². The zero-order chi connectivity index (χ0) is 15.7. The molecule has 7 heteroatoms. The van der Waals surface area contributed by atoms with E-state index >= 15 is 0 Å². The average molecular weight is 294 g/mol. The molecule has 2 unspecified atom stereocenters. The van der Waals surface area contributed by atoms with Gasteiger partial charge in [0.15, 0.2) is 11.2 Å². The summed E-state index contributed by atoms with van der Waals surface area (Å²) in [7, 11) is 1.62. The van der Waals surface area contributed by atoms with E-state index in [9.17, 15) is 14.7 Å². The Hall–Kier alpha value is -1.89. The summed E-state index contributed by atoms with van der Waals surface area (Å²) in [6.07, 6.45) is 1.78. The summed E-state index contributed by atoms with van der Waals surface area (Å²) in [4.78, 5) is 28.9. The minimum atomic E-state index is -0.479. The Labute approximate surface area is 122 Å². The molecule has 0 amide bonds. The SMILES string of the molecule is CCCn1c(=O)c2c(ncn2CC(C)C(C)O)n(C)c1=O. The van der Waals surface area contributed by atoms with Gasteiger partial charge < -0.3 is 9.67 Å². The minimum absolute atomic E-state index is 0.0151. The van der Waals surface area contributed by atoms with Crippen molar-refractivity contribution >= 4 is 11.2 Å². The van der Waals surface area contributed by atoms with Crippen LogP contribution in [0, 0.1) is 5.92 Å². The number of hydrogen-bond acceptors (Lipinski definition) is 4. The number of aliphatic hydroxyl groups is 1. The zero-order valence-electron chi connectivity index (χ0n) is 12.9. The molecule has 0 spiro atoms. The Morgan fingerprint density at radius 3 is 2.57 bits per heavy atom. The first-order chi connectivity index (χ1) is 9.88. The van der Waals surface area contributed by atoms with Gasteiger partial charge in [0.05, 0.1) is 12.4 Å². The predicted molar refractivity (Wildman–Crippen MR) is 80.4 cm³/mol. The zero-order valence-corrected chi connectivity index (χ0v) is 12.9. The monoisotopic (exact) mass is 294 g/mol. The molecule has 0 aliphatic carbocycles. The van der Waals surface area contributed by atoms with E-state index in [4.69, 9.17) is 0 Å². The second-order valence-electron chi connectivity index (χ2n) is 5.59. The van der Waals surface area contributed by atoms with Crippen LogP contribution in [-0.4, -0.2) is 29.9 Å². The second-order valence-corrected chi connectivity index (χ2v) is 5.59. The molecule has 0 aliphatic heterocycles. The largest absolute Gasteiger partial charge is 0.393 e. The van der Waals surface area contributed by atoms with Crippen molar-refractivity contribution in [3.63, 3.8) is 0 Å². The molecule has 2 aromatic rings. The van der Waals surface area contributed by atoms with Gasteiger partial charge in [0, 0.05) is 20.1 Å². The quantitative estimate of drug-likeness (QED) is 0.861. The highest BCUT2D eigenvalue weighted by atomic mass is 16.3. The average Bonchev–Trinajstić information content (AvgIpc) is 2.85. The number of hydrogen-bond donors (Lipinski definition) is 1. The molecule has 0 saturated carbocycles. The molecule has 2 heterocycles. The van der Waals surface area contributed by atoms with Crippen molar-refractivity contribution in [2.45, 2.75) is 46.4 Å². The second kappa shape index (κ2) is 5.85. The lowest BCUT2D eigenvalue weighted by Crippen LogP contribution is -2.39. The van der Waals surface area contributed by atoms with Gasteiger partial charge in [0.1, 0.15) is 0 Å². The lowest BCUT2D eigenvalue weighted by molar-refractivity contribution is 0.125. The number of nitrogens with zero attached hydrogens (tertiary/aromatic N) is 4. The maximum Gasteiger partial charge on any atom is 0.332 e. The normalized spacial score (nSPS) is 14.5. The van der Waals surface area contributed by atoms with E-state index in [0.717, 1.165) is 0 Å². The maximum absolute atomic E-state index is 12.6. The highest BCUT2D eigenvalue weighted by Crippen LogP contribution is 2.11. The van der Waals surface area contributed by atoms with Crippen LogP contribution in [0.3, 0.4) is 0 Å². The van der Waals surface area contributed by atoms with Crippen molar-refractivity contribution < 1.29 is 5.11 Å². The van der Waals surface area contributed by atoms with Crippen LogP contribution in [0.25, 0.3) is 11.2 Å². The van der Waals surface area contributed by atoms with Crippen molar-refractivity contribution in [2.75, 3.05) is 0 Å². The number of aryl methyl sites for hydroxylation is 1. The van der Waals surface area contributed by atoms with E-state index in [1.54, 1.807) is 24.9 Å². The molecule has 0 saturated heterocycles. The molecule has 0 bridgehead atoms. The number of fused-ring (bicyclic) bond motifs is 1. The van der Waals surface area contributed by atoms with Gasteiger partial charge in [-0.05, 0) is 19.3 Å². The molecule has 0 aliphatic rings. The third-order valence-corrected chi connectivity index (χ3v) is 3.86. The Morgan fingerprint density at radius 1 is 1.33 bits per heavy atom. The van der Waals surface area contributed by atoms with E-state index in [2.05, 4.69) is 4.98 Å². The smallest absolute Gasteiger partial charge is 0.332 e. The van der Waals surface area contributed by atoms with Gasteiger partial charge in [0.2, 0.25) is 0 Å². The number of aliphatic hydroxyl groups excluding tert-OH is 1. The van der Waals surface area contributed by atoms with E-state index < -0.39 is 6.10 Å². The van der Waals surface area contributed by atoms with E-state index in [-0.39, 0.29) is 17.2 Å². The fourth-order valence-corrected chi connectivity index (χ4v) is 2.34. The first kappa shape index (κ1) is 15.5. The van der Waals surface area contributed by atoms with Gasteiger partial charge in [-0.25, -0.2) is 9.78 Å². The van der Waals surface area contributed by atoms with Gasteiger partial charge in [-0.2, -0.15) is 0 Å². The third-order valence-electron chi connectivity index (χ3n) is 3.86. The van der Waals surface area contributed by atoms with Gasteiger partial charge >= 0.3 is 5.69 Å². The lowest BCUT2D eigenvalue weighted by atomic mass is 10.1. The van der Waals surface area contributed by atoms with Gasteiger partial charge in [-0.15, -0.1) is 0 Å². The van der Waals surface area contributed by atoms with E-state index in [1.807, 2.05) is 13.8 Å². The van der Waals surface area contributed by atoms with Gasteiger partial charge in [-0.3, -0.25) is 13.9 Å². The molecule has 1 N–H and O–H groups in total. The van der Waals surface area contributed by atoms with Crippen molar-refractivity contribution in [2.24, 2.45) is 13.0 Å². The van der Waals surface area contributed by atoms with E-state index in [1.165, 1.54) is 9.13 Å². The van der Waals surface area contributed by atoms with Crippen LogP contribution in [0.1, 0.15) is 27.2 Å². The van der Waals surface area contributed by atoms with Gasteiger partial charge in [-0.1, -0.05) is 13.8 Å². The first-order valence-electron chi connectivity index (χ1n) is 7.21. The van der Waals surface area contributed by atoms with Gasteiger partial charge in [0.25, 0.3) is 5.56 Å². The molecular formula is C14H22N4O3. The molecule has 0 aromatic carbocycles. The Kier molecular flexibility index (Phi) is 4.32. The topological polar surface area (TPSA) is 82.0 Å². The molecule has 116 valence electrons. The highest BCUT2D eigenvalue weighted by molar-refractivity contribution is 5.69. The molecule has 0 fully saturated rings. The summed E-state index contributed by atoms with van der Waals surface area (Å²) < 4.78 is 4.37. The maximum atomic E-state index is 12.6. The van der Waals surface area contributed by atoms with Crippen LogP contribution in [0.5, 0.6) is 0 Å². The lowest BCUT2D eigenvalue weighted by Gasteiger charge is -2.15. The van der Waals surface area contributed by atoms with Crippen LogP contribution in [0.2, 0.25) is 0 Å². The summed E-state index contributed by atoms with van der Waals surface area (Å²) in [5.41, 5.74) is 0.140. The summed E-state index contributed by atoms with van der Waals surface area (Å²) in [6, 6.07) is 0. The van der Waals surface area contributed by atoms with Crippen molar-refractivity contribution in [1.82, 2.24) is 18.7 Å². The number of imidazole rings is 1. The standard InChI is InChI=1S/C14H22N4O3/c1-5-6-18-13(20)11-12(16(4)14(18)21)15-8-17(11)7-9(2)10(3)19/h8-10,19H,5-7H2,1-4H3. The van der Waals surface area contributed by atoms with Crippen molar-refractivity contribution in [1.29, 1.82) is 0 Å². The third kappa shape index (κ3) is 2.65. The summed E-state index contributed by atoms with van der Waals surface area (Å²) in [6.45, 7) is 6.41. The molecule has 2 aromatic heterocycles. The molecule has 21 heavy (non-hydrogen) atoms. The molecule has 2 atom stereocenters. The molecular weight excluding hydrogens is 272 g/mol. The highest BCUT2D eigenvalue weighted by Gasteiger charge is 2.18. The van der Waals surface area contributed by atoms with Crippen LogP contribution in [0.15, 0.2) is 15.9 Å². The minimum Gasteiger partial charge on any atom is -0.393 e.